The molecule has 0 aliphatic rings. The third kappa shape index (κ3) is 3.84. The predicted octanol–water partition coefficient (Wildman–Crippen LogP) is 4.70. The van der Waals surface area contributed by atoms with Crippen LogP contribution in [-0.4, -0.2) is 7.11 Å². The summed E-state index contributed by atoms with van der Waals surface area (Å²) in [5.41, 5.74) is 0.952. The van der Waals surface area contributed by atoms with Crippen molar-refractivity contribution in [3.8, 4) is 5.75 Å². The molecule has 3 nitrogen and oxygen atoms in total. The molecule has 0 bridgehead atoms. The number of hydrogen-bond acceptors (Lipinski definition) is 3. The van der Waals surface area contributed by atoms with Crippen molar-refractivity contribution in [1.82, 2.24) is 0 Å². The zero-order valence-electron chi connectivity index (χ0n) is 14.3. The maximum absolute atomic E-state index is 13.9. The van der Waals surface area contributed by atoms with E-state index in [1.165, 1.54) is 0 Å². The van der Waals surface area contributed by atoms with E-state index in [4.69, 9.17) is 9.26 Å². The Morgan fingerprint density at radius 1 is 0.760 bits per heavy atom. The Balaban J connectivity index is 1.96. The smallest absolute Gasteiger partial charge is 0.261 e. The topological polar surface area (TPSA) is 35.5 Å². The molecular formula is C21H21O3P. The van der Waals surface area contributed by atoms with Crippen LogP contribution in [-0.2, 0) is 9.09 Å². The molecule has 1 atom stereocenters. The molecule has 3 rings (SSSR count). The molecule has 0 fully saturated rings. The van der Waals surface area contributed by atoms with Crippen LogP contribution in [0.1, 0.15) is 18.6 Å². The quantitative estimate of drug-likeness (QED) is 0.603. The molecule has 0 N–H and O–H groups in total. The zero-order valence-corrected chi connectivity index (χ0v) is 15.2. The molecule has 0 heterocycles. The van der Waals surface area contributed by atoms with Crippen LogP contribution in [0.15, 0.2) is 84.9 Å². The van der Waals surface area contributed by atoms with Crippen molar-refractivity contribution in [3.05, 3.63) is 90.5 Å². The molecule has 0 amide bonds. The Hall–Kier alpha value is -2.35. The van der Waals surface area contributed by atoms with Crippen molar-refractivity contribution < 1.29 is 13.8 Å². The van der Waals surface area contributed by atoms with Crippen LogP contribution in [0.25, 0.3) is 0 Å². The van der Waals surface area contributed by atoms with Crippen LogP contribution in [0, 0.1) is 0 Å². The SMILES string of the molecule is COc1ccc([C@@H](C)OP(=O)(c2ccccc2)c2ccccc2)cc1. The first-order valence-electron chi connectivity index (χ1n) is 8.17. The largest absolute Gasteiger partial charge is 0.497 e. The van der Waals surface area contributed by atoms with Crippen molar-refractivity contribution in [3.63, 3.8) is 0 Å². The van der Waals surface area contributed by atoms with E-state index < -0.39 is 7.37 Å². The zero-order chi connectivity index (χ0) is 17.7. The summed E-state index contributed by atoms with van der Waals surface area (Å²) in [5.74, 6) is 0.783. The Kier molecular flexibility index (Phi) is 5.37. The fourth-order valence-corrected chi connectivity index (χ4v) is 4.92. The highest BCUT2D eigenvalue weighted by Crippen LogP contribution is 2.48. The molecule has 0 radical (unpaired) electrons. The summed E-state index contributed by atoms with van der Waals surface area (Å²) in [5, 5.41) is 1.39. The second kappa shape index (κ2) is 7.69. The molecule has 25 heavy (non-hydrogen) atoms. The van der Waals surface area contributed by atoms with Crippen molar-refractivity contribution in [2.45, 2.75) is 13.0 Å². The number of hydrogen-bond donors (Lipinski definition) is 0. The van der Waals surface area contributed by atoms with E-state index in [1.54, 1.807) is 7.11 Å². The van der Waals surface area contributed by atoms with E-state index >= 15 is 0 Å². The van der Waals surface area contributed by atoms with Gasteiger partial charge in [-0.15, -0.1) is 0 Å². The monoisotopic (exact) mass is 352 g/mol. The van der Waals surface area contributed by atoms with Crippen LogP contribution in [0.2, 0.25) is 0 Å². The lowest BCUT2D eigenvalue weighted by Crippen LogP contribution is -2.19. The molecular weight excluding hydrogens is 331 g/mol. The Bertz CT molecular complexity index is 802. The van der Waals surface area contributed by atoms with Crippen LogP contribution in [0.4, 0.5) is 0 Å². The molecule has 4 heteroatoms. The minimum Gasteiger partial charge on any atom is -0.497 e. The van der Waals surface area contributed by atoms with Crippen molar-refractivity contribution in [2.24, 2.45) is 0 Å². The average Bonchev–Trinajstić information content (AvgIpc) is 2.69. The highest BCUT2D eigenvalue weighted by atomic mass is 31.2. The van der Waals surface area contributed by atoms with Gasteiger partial charge in [-0.1, -0.05) is 48.5 Å². The third-order valence-electron chi connectivity index (χ3n) is 4.08. The molecule has 128 valence electrons. The lowest BCUT2D eigenvalue weighted by Gasteiger charge is -2.24. The minimum atomic E-state index is -3.20. The third-order valence-corrected chi connectivity index (χ3v) is 6.65. The van der Waals surface area contributed by atoms with Gasteiger partial charge in [-0.05, 0) is 48.9 Å². The molecule has 3 aromatic rings. The van der Waals surface area contributed by atoms with E-state index in [0.717, 1.165) is 11.3 Å². The van der Waals surface area contributed by atoms with Gasteiger partial charge in [0.25, 0.3) is 7.37 Å². The summed E-state index contributed by atoms with van der Waals surface area (Å²) in [6.07, 6.45) is -0.322. The molecule has 0 spiro atoms. The maximum Gasteiger partial charge on any atom is 0.261 e. The average molecular weight is 352 g/mol. The lowest BCUT2D eigenvalue weighted by molar-refractivity contribution is 0.238. The highest BCUT2D eigenvalue weighted by molar-refractivity contribution is 7.74. The summed E-state index contributed by atoms with van der Waals surface area (Å²) in [7, 11) is -1.56. The molecule has 0 saturated carbocycles. The van der Waals surface area contributed by atoms with E-state index in [0.29, 0.717) is 10.6 Å². The van der Waals surface area contributed by atoms with Gasteiger partial charge in [-0.3, -0.25) is 4.57 Å². The van der Waals surface area contributed by atoms with Gasteiger partial charge in [0.15, 0.2) is 0 Å². The molecule has 0 unspecified atom stereocenters. The first-order valence-corrected chi connectivity index (χ1v) is 9.79. The van der Waals surface area contributed by atoms with Gasteiger partial charge in [-0.2, -0.15) is 0 Å². The Labute approximate surface area is 148 Å². The maximum atomic E-state index is 13.9. The van der Waals surface area contributed by atoms with E-state index in [2.05, 4.69) is 0 Å². The number of rotatable bonds is 6. The van der Waals surface area contributed by atoms with Gasteiger partial charge < -0.3 is 9.26 Å². The summed E-state index contributed by atoms with van der Waals surface area (Å²) in [6, 6.07) is 26.4. The van der Waals surface area contributed by atoms with Crippen molar-refractivity contribution in [1.29, 1.82) is 0 Å². The molecule has 0 aliphatic heterocycles. The van der Waals surface area contributed by atoms with Gasteiger partial charge in [-0.25, -0.2) is 0 Å². The fraction of sp³-hybridized carbons (Fsp3) is 0.143. The molecule has 0 saturated heterocycles. The van der Waals surface area contributed by atoms with Gasteiger partial charge >= 0.3 is 0 Å². The van der Waals surface area contributed by atoms with Crippen LogP contribution >= 0.6 is 7.37 Å². The van der Waals surface area contributed by atoms with Gasteiger partial charge in [0.05, 0.1) is 13.2 Å². The van der Waals surface area contributed by atoms with Crippen LogP contribution < -0.4 is 15.3 Å². The van der Waals surface area contributed by atoms with E-state index in [-0.39, 0.29) is 6.10 Å². The van der Waals surface area contributed by atoms with Crippen LogP contribution in [0.3, 0.4) is 0 Å². The first kappa shape index (κ1) is 17.5. The van der Waals surface area contributed by atoms with E-state index in [9.17, 15) is 4.57 Å². The van der Waals surface area contributed by atoms with Gasteiger partial charge in [0.1, 0.15) is 5.75 Å². The van der Waals surface area contributed by atoms with Crippen LogP contribution in [0.5, 0.6) is 5.75 Å². The highest BCUT2D eigenvalue weighted by Gasteiger charge is 2.31. The Morgan fingerprint density at radius 3 is 1.68 bits per heavy atom. The molecule has 0 aromatic heterocycles. The molecule has 3 aromatic carbocycles. The molecule has 0 aliphatic carbocycles. The van der Waals surface area contributed by atoms with Crippen molar-refractivity contribution in [2.75, 3.05) is 7.11 Å². The summed E-state index contributed by atoms with van der Waals surface area (Å²) < 4.78 is 25.3. The number of ether oxygens (including phenoxy) is 1. The normalized spacial score (nSPS) is 12.6. The van der Waals surface area contributed by atoms with Gasteiger partial charge in [0.2, 0.25) is 0 Å². The summed E-state index contributed by atoms with van der Waals surface area (Å²) in [6.45, 7) is 1.92. The number of benzene rings is 3. The fourth-order valence-electron chi connectivity index (χ4n) is 2.68. The first-order chi connectivity index (χ1) is 12.1. The van der Waals surface area contributed by atoms with Crippen molar-refractivity contribution >= 4 is 18.0 Å². The second-order valence-electron chi connectivity index (χ2n) is 5.74. The van der Waals surface area contributed by atoms with Gasteiger partial charge in [0, 0.05) is 10.6 Å². The Morgan fingerprint density at radius 2 is 1.24 bits per heavy atom. The standard InChI is InChI=1S/C21H21O3P/c1-17(18-13-15-19(23-2)16-14-18)24-25(22,20-9-5-3-6-10-20)21-11-7-4-8-12-21/h3-17H,1-2H3/t17-/m1/s1. The number of methoxy groups -OCH3 is 1. The second-order valence-corrected chi connectivity index (χ2v) is 8.09. The summed E-state index contributed by atoms with van der Waals surface area (Å²) in [4.78, 5) is 0. The summed E-state index contributed by atoms with van der Waals surface area (Å²) >= 11 is 0. The minimum absolute atomic E-state index is 0.322. The van der Waals surface area contributed by atoms with E-state index in [1.807, 2.05) is 91.9 Å². The predicted molar refractivity (Wildman–Crippen MR) is 102 cm³/mol. The lowest BCUT2D eigenvalue weighted by atomic mass is 10.1.